The molecule has 0 spiro atoms. The monoisotopic (exact) mass is 202 g/mol. The van der Waals surface area contributed by atoms with Crippen LogP contribution in [0, 0.1) is 3.95 Å². The largest absolute Gasteiger partial charge is 0.337 e. The second kappa shape index (κ2) is 2.55. The fourth-order valence-corrected chi connectivity index (χ4v) is 2.19. The maximum Gasteiger partial charge on any atom is 0.159 e. The van der Waals surface area contributed by atoms with Crippen LogP contribution in [-0.2, 0) is 0 Å². The normalized spacial score (nSPS) is 10.6. The topological polar surface area (TPSA) is 28.7 Å². The molecule has 0 saturated heterocycles. The van der Waals surface area contributed by atoms with Gasteiger partial charge in [-0.25, -0.2) is 4.98 Å². The van der Waals surface area contributed by atoms with Crippen LogP contribution in [0.4, 0.5) is 0 Å². The molecule has 1 N–H and O–H groups in total. The molecule has 0 atom stereocenters. The van der Waals surface area contributed by atoms with Gasteiger partial charge in [0.2, 0.25) is 0 Å². The summed E-state index contributed by atoms with van der Waals surface area (Å²) in [6.45, 7) is 0. The molecule has 0 radical (unpaired) electrons. The number of hydrogen-bond acceptors (Lipinski definition) is 3. The number of fused-ring (bicyclic) bond motifs is 1. The summed E-state index contributed by atoms with van der Waals surface area (Å²) in [7, 11) is 0. The number of rotatable bonds is 0. The lowest BCUT2D eigenvalue weighted by Crippen LogP contribution is -1.72. The highest BCUT2D eigenvalue weighted by Crippen LogP contribution is 2.24. The minimum absolute atomic E-state index is 0.514. The van der Waals surface area contributed by atoms with Gasteiger partial charge in [0.25, 0.3) is 0 Å². The summed E-state index contributed by atoms with van der Waals surface area (Å²) < 4.78 is 1.66. The summed E-state index contributed by atoms with van der Waals surface area (Å²) in [4.78, 5) is 6.94. The van der Waals surface area contributed by atoms with Crippen LogP contribution in [-0.4, -0.2) is 9.97 Å². The number of nitrogens with zero attached hydrogens (tertiary/aromatic N) is 1. The van der Waals surface area contributed by atoms with Crippen molar-refractivity contribution in [1.82, 2.24) is 9.97 Å². The minimum atomic E-state index is 0.514. The van der Waals surface area contributed by atoms with Crippen molar-refractivity contribution in [2.75, 3.05) is 0 Å². The molecule has 11 heavy (non-hydrogen) atoms. The van der Waals surface area contributed by atoms with Crippen LogP contribution < -0.4 is 0 Å². The fraction of sp³-hybridized carbons (Fsp3) is 0. The van der Waals surface area contributed by atoms with Crippen LogP contribution in [0.1, 0.15) is 0 Å². The zero-order chi connectivity index (χ0) is 7.84. The Balaban J connectivity index is 3.01. The Morgan fingerprint density at radius 2 is 2.45 bits per heavy atom. The SMILES string of the molecule is S=c1[nH]c2ccnc(Cl)c2s1. The maximum atomic E-state index is 5.80. The first-order valence-corrected chi connectivity index (χ1v) is 4.51. The molecule has 0 unspecified atom stereocenters. The van der Waals surface area contributed by atoms with E-state index in [0.29, 0.717) is 5.15 Å². The average molecular weight is 203 g/mol. The van der Waals surface area contributed by atoms with Crippen molar-refractivity contribution in [2.24, 2.45) is 0 Å². The Labute approximate surface area is 76.9 Å². The van der Waals surface area contributed by atoms with Crippen LogP contribution in [0.2, 0.25) is 5.15 Å². The Bertz CT molecular complexity index is 445. The highest BCUT2D eigenvalue weighted by atomic mass is 35.5. The molecule has 56 valence electrons. The number of halogens is 1. The molecule has 2 heterocycles. The van der Waals surface area contributed by atoms with E-state index >= 15 is 0 Å². The lowest BCUT2D eigenvalue weighted by atomic mass is 10.4. The quantitative estimate of drug-likeness (QED) is 0.526. The first kappa shape index (κ1) is 7.21. The zero-order valence-electron chi connectivity index (χ0n) is 5.30. The highest BCUT2D eigenvalue weighted by Gasteiger charge is 2.00. The van der Waals surface area contributed by atoms with Crippen molar-refractivity contribution in [3.8, 4) is 0 Å². The van der Waals surface area contributed by atoms with Crippen LogP contribution in [0.5, 0.6) is 0 Å². The van der Waals surface area contributed by atoms with E-state index in [4.69, 9.17) is 23.8 Å². The van der Waals surface area contributed by atoms with Crippen molar-refractivity contribution in [1.29, 1.82) is 0 Å². The van der Waals surface area contributed by atoms with Gasteiger partial charge in [-0.3, -0.25) is 0 Å². The molecule has 0 amide bonds. The first-order valence-electron chi connectivity index (χ1n) is 2.91. The molecule has 2 nitrogen and oxygen atoms in total. The van der Waals surface area contributed by atoms with Crippen LogP contribution in [0.15, 0.2) is 12.3 Å². The van der Waals surface area contributed by atoms with Gasteiger partial charge in [-0.2, -0.15) is 0 Å². The second-order valence-electron chi connectivity index (χ2n) is 1.99. The number of aromatic amines is 1. The molecule has 0 aromatic carbocycles. The Hall–Kier alpha value is -0.450. The van der Waals surface area contributed by atoms with Crippen LogP contribution in [0.3, 0.4) is 0 Å². The molecule has 0 aliphatic rings. The molecule has 2 aromatic rings. The van der Waals surface area contributed by atoms with Crippen molar-refractivity contribution in [3.63, 3.8) is 0 Å². The van der Waals surface area contributed by atoms with Gasteiger partial charge in [-0.15, -0.1) is 11.3 Å². The molecule has 2 rings (SSSR count). The van der Waals surface area contributed by atoms with E-state index in [-0.39, 0.29) is 0 Å². The predicted octanol–water partition coefficient (Wildman–Crippen LogP) is 3.01. The van der Waals surface area contributed by atoms with Crippen molar-refractivity contribution < 1.29 is 0 Å². The summed E-state index contributed by atoms with van der Waals surface area (Å²) in [5.41, 5.74) is 0.958. The van der Waals surface area contributed by atoms with Gasteiger partial charge in [0.15, 0.2) is 3.95 Å². The number of pyridine rings is 1. The Morgan fingerprint density at radius 1 is 1.64 bits per heavy atom. The third-order valence-corrected chi connectivity index (χ3v) is 2.95. The average Bonchev–Trinajstić information content (AvgIpc) is 2.31. The molecule has 0 aliphatic heterocycles. The van der Waals surface area contributed by atoms with Crippen LogP contribution >= 0.6 is 35.2 Å². The van der Waals surface area contributed by atoms with Gasteiger partial charge in [-0.1, -0.05) is 11.6 Å². The van der Waals surface area contributed by atoms with Crippen molar-refractivity contribution in [3.05, 3.63) is 21.4 Å². The molecule has 0 aliphatic carbocycles. The lowest BCUT2D eigenvalue weighted by Gasteiger charge is -1.87. The molecule has 0 fully saturated rings. The Kier molecular flexibility index (Phi) is 1.67. The molecule has 5 heteroatoms. The summed E-state index contributed by atoms with van der Waals surface area (Å²) in [6, 6.07) is 1.85. The minimum Gasteiger partial charge on any atom is -0.337 e. The van der Waals surface area contributed by atoms with E-state index in [1.165, 1.54) is 11.3 Å². The molecular formula is C6H3ClN2S2. The summed E-state index contributed by atoms with van der Waals surface area (Å²) >= 11 is 12.2. The summed E-state index contributed by atoms with van der Waals surface area (Å²) in [5.74, 6) is 0. The number of hydrogen-bond donors (Lipinski definition) is 1. The van der Waals surface area contributed by atoms with Gasteiger partial charge >= 0.3 is 0 Å². The van der Waals surface area contributed by atoms with Gasteiger partial charge in [0.05, 0.1) is 10.2 Å². The number of aromatic nitrogens is 2. The van der Waals surface area contributed by atoms with E-state index in [1.54, 1.807) is 6.20 Å². The lowest BCUT2D eigenvalue weighted by molar-refractivity contribution is 1.35. The predicted molar refractivity (Wildman–Crippen MR) is 49.8 cm³/mol. The fourth-order valence-electron chi connectivity index (χ4n) is 0.846. The molecule has 2 aromatic heterocycles. The third-order valence-electron chi connectivity index (χ3n) is 1.29. The zero-order valence-corrected chi connectivity index (χ0v) is 7.69. The molecule has 0 saturated carbocycles. The summed E-state index contributed by atoms with van der Waals surface area (Å²) in [6.07, 6.45) is 1.66. The van der Waals surface area contributed by atoms with E-state index in [1.807, 2.05) is 6.07 Å². The van der Waals surface area contributed by atoms with Gasteiger partial charge < -0.3 is 4.98 Å². The van der Waals surface area contributed by atoms with E-state index in [9.17, 15) is 0 Å². The van der Waals surface area contributed by atoms with Crippen LogP contribution in [0.25, 0.3) is 10.2 Å². The van der Waals surface area contributed by atoms with E-state index in [0.717, 1.165) is 14.2 Å². The second-order valence-corrected chi connectivity index (χ2v) is 4.04. The first-order chi connectivity index (χ1) is 5.27. The number of H-pyrrole nitrogens is 1. The third kappa shape index (κ3) is 1.17. The van der Waals surface area contributed by atoms with Crippen molar-refractivity contribution in [2.45, 2.75) is 0 Å². The Morgan fingerprint density at radius 3 is 3.18 bits per heavy atom. The maximum absolute atomic E-state index is 5.80. The van der Waals surface area contributed by atoms with Crippen molar-refractivity contribution >= 4 is 45.4 Å². The van der Waals surface area contributed by atoms with E-state index < -0.39 is 0 Å². The van der Waals surface area contributed by atoms with Gasteiger partial charge in [0, 0.05) is 6.20 Å². The van der Waals surface area contributed by atoms with Gasteiger partial charge in [-0.05, 0) is 18.3 Å². The molecular weight excluding hydrogens is 200 g/mol. The number of nitrogens with one attached hydrogen (secondary N) is 1. The summed E-state index contributed by atoms with van der Waals surface area (Å²) in [5, 5.41) is 0.514. The van der Waals surface area contributed by atoms with E-state index in [2.05, 4.69) is 9.97 Å². The van der Waals surface area contributed by atoms with Gasteiger partial charge in [0.1, 0.15) is 5.15 Å². The smallest absolute Gasteiger partial charge is 0.159 e. The standard InChI is InChI=1S/C6H3ClN2S2/c7-5-4-3(1-2-8-5)9-6(10)11-4/h1-2H,(H,9,10). The number of thiazole rings is 1. The molecule has 0 bridgehead atoms. The highest BCUT2D eigenvalue weighted by molar-refractivity contribution is 7.73.